The number of hydrogen-bond acceptors (Lipinski definition) is 3. The second-order valence-electron chi connectivity index (χ2n) is 1.82. The highest BCUT2D eigenvalue weighted by Crippen LogP contribution is 2.13. The Bertz CT molecular complexity index is 225. The molecule has 0 unspecified atom stereocenters. The van der Waals surface area contributed by atoms with Gasteiger partial charge in [0, 0.05) is 6.42 Å². The van der Waals surface area contributed by atoms with Crippen LogP contribution in [0.4, 0.5) is 9.52 Å². The predicted octanol–water partition coefficient (Wildman–Crippen LogP) is -0.182. The summed E-state index contributed by atoms with van der Waals surface area (Å²) in [5, 5.41) is 8.42. The van der Waals surface area contributed by atoms with Crippen LogP contribution in [0.2, 0.25) is 0 Å². The van der Waals surface area contributed by atoms with Crippen LogP contribution in [0.5, 0.6) is 0 Å². The van der Waals surface area contributed by atoms with Crippen molar-refractivity contribution in [3.63, 3.8) is 0 Å². The van der Waals surface area contributed by atoms with Crippen molar-refractivity contribution in [2.75, 3.05) is 12.3 Å². The van der Waals surface area contributed by atoms with Crippen molar-refractivity contribution in [3.8, 4) is 0 Å². The summed E-state index contributed by atoms with van der Waals surface area (Å²) in [6.07, 6.45) is 0.291. The first-order valence-corrected chi connectivity index (χ1v) is 3.62. The quantitative estimate of drug-likeness (QED) is 0.635. The zero-order valence-electron chi connectivity index (χ0n) is 5.22. The zero-order valence-corrected chi connectivity index (χ0v) is 6.04. The van der Waals surface area contributed by atoms with Crippen molar-refractivity contribution in [1.82, 2.24) is 0 Å². The summed E-state index contributed by atoms with van der Waals surface area (Å²) in [6, 6.07) is 0. The van der Waals surface area contributed by atoms with Crippen molar-refractivity contribution in [1.29, 1.82) is 0 Å². The van der Waals surface area contributed by atoms with Gasteiger partial charge in [-0.15, -0.1) is 0 Å². The lowest BCUT2D eigenvalue weighted by Crippen LogP contribution is -2.12. The van der Waals surface area contributed by atoms with E-state index >= 15 is 0 Å². The van der Waals surface area contributed by atoms with Crippen LogP contribution < -0.4 is 10.7 Å². The second kappa shape index (κ2) is 2.94. The van der Waals surface area contributed by atoms with Gasteiger partial charge in [-0.05, 0) is 11.3 Å². The lowest BCUT2D eigenvalue weighted by atomic mass is 10.4. The monoisotopic (exact) mass is 163 g/mol. The van der Waals surface area contributed by atoms with Gasteiger partial charge in [-0.3, -0.25) is 5.73 Å². The van der Waals surface area contributed by atoms with Crippen molar-refractivity contribution >= 4 is 16.5 Å². The maximum Gasteiger partial charge on any atom is 0.332 e. The molecule has 1 heterocycles. The molecule has 10 heavy (non-hydrogen) atoms. The molecule has 3 nitrogen and oxygen atoms in total. The Morgan fingerprint density at radius 1 is 1.70 bits per heavy atom. The molecule has 0 aliphatic heterocycles. The third-order valence-electron chi connectivity index (χ3n) is 1.07. The van der Waals surface area contributed by atoms with Crippen LogP contribution in [0.3, 0.4) is 0 Å². The van der Waals surface area contributed by atoms with Crippen LogP contribution in [0.15, 0.2) is 0 Å². The van der Waals surface area contributed by atoms with E-state index in [1.54, 1.807) is 0 Å². The molecular formula is C5H8FN2OS+. The second-order valence-corrected chi connectivity index (χ2v) is 2.82. The number of hydrogen-bond donors (Lipinski definition) is 2. The highest BCUT2D eigenvalue weighted by molar-refractivity contribution is 7.13. The molecule has 0 amide bonds. The number of aromatic amines is 1. The SMILES string of the molecule is Nc1[nH+]c(CCO)c(F)s1. The number of nitrogens with one attached hydrogen (secondary N) is 1. The van der Waals surface area contributed by atoms with Crippen molar-refractivity contribution in [2.45, 2.75) is 6.42 Å². The smallest absolute Gasteiger partial charge is 0.332 e. The van der Waals surface area contributed by atoms with Gasteiger partial charge >= 0.3 is 5.13 Å². The molecule has 5 heteroatoms. The zero-order chi connectivity index (χ0) is 7.56. The molecule has 0 saturated carbocycles. The molecule has 0 saturated heterocycles. The number of rotatable bonds is 2. The first-order valence-electron chi connectivity index (χ1n) is 2.81. The highest BCUT2D eigenvalue weighted by Gasteiger charge is 2.11. The number of aromatic nitrogens is 1. The number of aliphatic hydroxyl groups is 1. The fourth-order valence-electron chi connectivity index (χ4n) is 0.654. The summed E-state index contributed by atoms with van der Waals surface area (Å²) in [5.41, 5.74) is 5.63. The lowest BCUT2D eigenvalue weighted by Gasteiger charge is -1.85. The Labute approximate surface area is 61.3 Å². The molecule has 4 N–H and O–H groups in total. The van der Waals surface area contributed by atoms with Gasteiger partial charge in [0.05, 0.1) is 6.61 Å². The van der Waals surface area contributed by atoms with E-state index in [4.69, 9.17) is 10.8 Å². The fourth-order valence-corrected chi connectivity index (χ4v) is 1.30. The normalized spacial score (nSPS) is 10.2. The number of halogens is 1. The van der Waals surface area contributed by atoms with E-state index in [0.717, 1.165) is 11.3 Å². The minimum atomic E-state index is -0.341. The molecule has 0 atom stereocenters. The van der Waals surface area contributed by atoms with Gasteiger partial charge in [0.1, 0.15) is 0 Å². The van der Waals surface area contributed by atoms with E-state index in [9.17, 15) is 4.39 Å². The van der Waals surface area contributed by atoms with Crippen LogP contribution in [0, 0.1) is 5.13 Å². The average molecular weight is 163 g/mol. The van der Waals surface area contributed by atoms with Gasteiger partial charge in [-0.2, -0.15) is 4.39 Å². The lowest BCUT2D eigenvalue weighted by molar-refractivity contribution is -0.369. The number of nitrogens with two attached hydrogens (primary N) is 1. The molecule has 0 aromatic carbocycles. The summed E-state index contributed by atoms with van der Waals surface area (Å²) in [5.74, 6) is 0. The Hall–Kier alpha value is -0.680. The molecule has 0 radical (unpaired) electrons. The highest BCUT2D eigenvalue weighted by atomic mass is 32.1. The topological polar surface area (TPSA) is 60.4 Å². The first-order chi connectivity index (χ1) is 4.74. The Morgan fingerprint density at radius 3 is 2.80 bits per heavy atom. The molecule has 0 aliphatic rings. The number of aliphatic hydroxyl groups excluding tert-OH is 1. The van der Waals surface area contributed by atoms with Gasteiger partial charge in [-0.1, -0.05) is 0 Å². The molecular weight excluding hydrogens is 155 g/mol. The fraction of sp³-hybridized carbons (Fsp3) is 0.400. The first kappa shape index (κ1) is 7.43. The number of thiazole rings is 1. The van der Waals surface area contributed by atoms with Crippen LogP contribution >= 0.6 is 11.3 Å². The van der Waals surface area contributed by atoms with Crippen LogP contribution in [0.25, 0.3) is 0 Å². The Kier molecular flexibility index (Phi) is 2.18. The maximum atomic E-state index is 12.6. The molecule has 1 rings (SSSR count). The van der Waals surface area contributed by atoms with E-state index < -0.39 is 0 Å². The van der Waals surface area contributed by atoms with Crippen LogP contribution in [-0.2, 0) is 6.42 Å². The molecule has 0 fully saturated rings. The van der Waals surface area contributed by atoms with Gasteiger partial charge in [0.15, 0.2) is 5.69 Å². The minimum absolute atomic E-state index is 0.0659. The summed E-state index contributed by atoms with van der Waals surface area (Å²) in [7, 11) is 0. The van der Waals surface area contributed by atoms with E-state index in [0.29, 0.717) is 17.2 Å². The van der Waals surface area contributed by atoms with Gasteiger partial charge in [0.2, 0.25) is 5.13 Å². The summed E-state index contributed by atoms with van der Waals surface area (Å²) in [6.45, 7) is -0.0659. The molecule has 0 aliphatic carbocycles. The largest absolute Gasteiger partial charge is 0.396 e. The summed E-state index contributed by atoms with van der Waals surface area (Å²) in [4.78, 5) is 2.61. The molecule has 0 bridgehead atoms. The van der Waals surface area contributed by atoms with E-state index in [1.165, 1.54) is 0 Å². The number of nitrogen functional groups attached to an aromatic ring is 1. The minimum Gasteiger partial charge on any atom is -0.396 e. The van der Waals surface area contributed by atoms with Gasteiger partial charge < -0.3 is 5.11 Å². The van der Waals surface area contributed by atoms with E-state index in [1.807, 2.05) is 0 Å². The third kappa shape index (κ3) is 1.43. The van der Waals surface area contributed by atoms with Gasteiger partial charge in [0.25, 0.3) is 0 Å². The molecule has 0 spiro atoms. The Balaban J connectivity index is 2.81. The number of H-pyrrole nitrogens is 1. The third-order valence-corrected chi connectivity index (χ3v) is 1.82. The van der Waals surface area contributed by atoms with Gasteiger partial charge in [-0.25, -0.2) is 4.98 Å². The molecule has 1 aromatic rings. The van der Waals surface area contributed by atoms with Crippen LogP contribution in [0.1, 0.15) is 5.69 Å². The summed E-state index contributed by atoms with van der Waals surface area (Å²) < 4.78 is 12.6. The van der Waals surface area contributed by atoms with Crippen molar-refractivity contribution < 1.29 is 14.5 Å². The number of anilines is 1. The molecule has 1 aromatic heterocycles. The van der Waals surface area contributed by atoms with Crippen molar-refractivity contribution in [2.24, 2.45) is 0 Å². The van der Waals surface area contributed by atoms with Crippen molar-refractivity contribution in [3.05, 3.63) is 10.8 Å². The summed E-state index contributed by atoms with van der Waals surface area (Å²) >= 11 is 0.854. The van der Waals surface area contributed by atoms with E-state index in [-0.39, 0.29) is 11.7 Å². The average Bonchev–Trinajstić information content (AvgIpc) is 2.13. The maximum absolute atomic E-state index is 12.6. The standard InChI is InChI=1S/C5H7FN2OS/c6-4-3(1-2-9)8-5(7)10-4/h9H,1-2H2,(H2,7,8)/p+1. The predicted molar refractivity (Wildman–Crippen MR) is 36.0 cm³/mol. The van der Waals surface area contributed by atoms with Crippen LogP contribution in [-0.4, -0.2) is 11.7 Å². The molecule has 56 valence electrons. The van der Waals surface area contributed by atoms with E-state index in [2.05, 4.69) is 4.98 Å². The Morgan fingerprint density at radius 2 is 2.40 bits per heavy atom.